The highest BCUT2D eigenvalue weighted by atomic mass is 32.2. The molecule has 4 aliphatic carbocycles. The highest BCUT2D eigenvalue weighted by Crippen LogP contribution is 2.57. The average molecular weight is 465 g/mol. The number of hydrogen-bond acceptors (Lipinski definition) is 5. The average Bonchev–Trinajstić information content (AvgIpc) is 2.78. The van der Waals surface area contributed by atoms with Crippen molar-refractivity contribution in [2.24, 2.45) is 16.6 Å². The summed E-state index contributed by atoms with van der Waals surface area (Å²) in [6.45, 7) is 0.0901. The largest absolute Gasteiger partial charge is 0.489 e. The fourth-order valence-electron chi connectivity index (χ4n) is 5.25. The van der Waals surface area contributed by atoms with Crippen LogP contribution in [0.3, 0.4) is 0 Å². The van der Waals surface area contributed by atoms with Crippen molar-refractivity contribution >= 4 is 15.7 Å². The Bertz CT molecular complexity index is 946. The van der Waals surface area contributed by atoms with Crippen LogP contribution in [-0.2, 0) is 14.6 Å². The molecule has 0 spiro atoms. The Kier molecular flexibility index (Phi) is 6.63. The third kappa shape index (κ3) is 4.71. The lowest BCUT2D eigenvalue weighted by molar-refractivity contribution is -0.141. The Labute approximate surface area is 189 Å². The van der Waals surface area contributed by atoms with E-state index in [4.69, 9.17) is 10.5 Å². The molecule has 0 unspecified atom stereocenters. The molecule has 0 heterocycles. The Morgan fingerprint density at radius 2 is 1.75 bits per heavy atom. The molecule has 0 aromatic heterocycles. The quantitative estimate of drug-likeness (QED) is 0.581. The molecule has 1 amide bonds. The van der Waals surface area contributed by atoms with Crippen molar-refractivity contribution in [2.75, 3.05) is 18.9 Å². The first-order valence-electron chi connectivity index (χ1n) is 11.5. The number of nitrogens with one attached hydrogen (secondary N) is 1. The van der Waals surface area contributed by atoms with Crippen molar-refractivity contribution in [3.05, 3.63) is 36.2 Å². The number of carbonyl (C=O) groups is 1. The summed E-state index contributed by atoms with van der Waals surface area (Å²) in [5.41, 5.74) is 5.20. The number of ether oxygens (including phenoxy) is 1. The predicted octanol–water partition coefficient (Wildman–Crippen LogP) is 3.66. The SMILES string of the molecule is NC/C(=C\F)COc1ccc(S(=O)(=O)CC23CCC(C(=O)NC4CCC4)(CC2)CC3)cc1. The predicted molar refractivity (Wildman–Crippen MR) is 121 cm³/mol. The minimum absolute atomic E-state index is 0.0261. The topological polar surface area (TPSA) is 98.5 Å². The van der Waals surface area contributed by atoms with E-state index >= 15 is 0 Å². The van der Waals surface area contributed by atoms with Crippen molar-refractivity contribution in [2.45, 2.75) is 68.7 Å². The molecular formula is C24H33FN2O4S. The Morgan fingerprint density at radius 1 is 1.12 bits per heavy atom. The maximum atomic E-state index is 13.2. The van der Waals surface area contributed by atoms with Crippen molar-refractivity contribution in [1.29, 1.82) is 0 Å². The van der Waals surface area contributed by atoms with Crippen LogP contribution >= 0.6 is 0 Å². The second kappa shape index (κ2) is 9.14. The molecule has 2 bridgehead atoms. The molecular weight excluding hydrogens is 431 g/mol. The van der Waals surface area contributed by atoms with Gasteiger partial charge in [-0.2, -0.15) is 0 Å². The van der Waals surface area contributed by atoms with Crippen LogP contribution in [0.2, 0.25) is 0 Å². The van der Waals surface area contributed by atoms with Gasteiger partial charge in [0.15, 0.2) is 9.84 Å². The molecule has 4 saturated carbocycles. The van der Waals surface area contributed by atoms with Gasteiger partial charge in [-0.3, -0.25) is 4.79 Å². The summed E-state index contributed by atoms with van der Waals surface area (Å²) >= 11 is 0. The molecule has 0 aliphatic heterocycles. The molecule has 5 rings (SSSR count). The second-order valence-corrected chi connectivity index (χ2v) is 11.9. The number of halogens is 1. The van der Waals surface area contributed by atoms with E-state index in [2.05, 4.69) is 5.32 Å². The second-order valence-electron chi connectivity index (χ2n) is 9.87. The van der Waals surface area contributed by atoms with Crippen LogP contribution in [0.15, 0.2) is 41.1 Å². The van der Waals surface area contributed by atoms with Crippen LogP contribution in [0.4, 0.5) is 4.39 Å². The molecule has 3 N–H and O–H groups in total. The molecule has 6 nitrogen and oxygen atoms in total. The summed E-state index contributed by atoms with van der Waals surface area (Å²) < 4.78 is 44.4. The monoisotopic (exact) mass is 464 g/mol. The van der Waals surface area contributed by atoms with Gasteiger partial charge in [0.25, 0.3) is 0 Å². The molecule has 4 fully saturated rings. The first-order valence-corrected chi connectivity index (χ1v) is 13.2. The lowest BCUT2D eigenvalue weighted by atomic mass is 9.54. The van der Waals surface area contributed by atoms with Crippen molar-refractivity contribution < 1.29 is 22.3 Å². The number of sulfone groups is 1. The minimum atomic E-state index is -3.46. The number of hydrogen-bond donors (Lipinski definition) is 2. The molecule has 0 radical (unpaired) electrons. The van der Waals surface area contributed by atoms with Crippen LogP contribution in [0, 0.1) is 10.8 Å². The summed E-state index contributed by atoms with van der Waals surface area (Å²) in [6.07, 6.45) is 8.45. The molecule has 1 aromatic carbocycles. The zero-order valence-electron chi connectivity index (χ0n) is 18.4. The van der Waals surface area contributed by atoms with Gasteiger partial charge < -0.3 is 15.8 Å². The fraction of sp³-hybridized carbons (Fsp3) is 0.625. The fourth-order valence-corrected chi connectivity index (χ4v) is 7.21. The highest BCUT2D eigenvalue weighted by Gasteiger charge is 2.53. The summed E-state index contributed by atoms with van der Waals surface area (Å²) in [4.78, 5) is 13.2. The summed E-state index contributed by atoms with van der Waals surface area (Å²) in [5, 5.41) is 3.22. The maximum absolute atomic E-state index is 13.2. The standard InChI is InChI=1S/C24H33FN2O4S/c25-14-18(15-26)16-31-20-4-6-21(7-5-20)32(29,30)17-23-8-11-24(12-9-23,13-10-23)22(28)27-19-2-1-3-19/h4-7,14,19H,1-3,8-13,15-17,26H2,(H,27,28)/b18-14+. The number of benzene rings is 1. The minimum Gasteiger partial charge on any atom is -0.489 e. The molecule has 1 aromatic rings. The normalized spacial score (nSPS) is 28.2. The van der Waals surface area contributed by atoms with Gasteiger partial charge in [0.1, 0.15) is 12.4 Å². The third-order valence-corrected chi connectivity index (χ3v) is 9.83. The van der Waals surface area contributed by atoms with Crippen LogP contribution in [-0.4, -0.2) is 39.3 Å². The maximum Gasteiger partial charge on any atom is 0.226 e. The zero-order valence-corrected chi connectivity index (χ0v) is 19.3. The molecule has 0 saturated heterocycles. The smallest absolute Gasteiger partial charge is 0.226 e. The lowest BCUT2D eigenvalue weighted by Gasteiger charge is -2.52. The summed E-state index contributed by atoms with van der Waals surface area (Å²) in [5.74, 6) is 0.768. The van der Waals surface area contributed by atoms with Crippen molar-refractivity contribution in [1.82, 2.24) is 5.32 Å². The summed E-state index contributed by atoms with van der Waals surface area (Å²) in [6, 6.07) is 6.62. The van der Waals surface area contributed by atoms with E-state index in [1.807, 2.05) is 0 Å². The van der Waals surface area contributed by atoms with E-state index < -0.39 is 9.84 Å². The first kappa shape index (κ1) is 23.2. The van der Waals surface area contributed by atoms with E-state index in [1.54, 1.807) is 24.3 Å². The van der Waals surface area contributed by atoms with Crippen LogP contribution in [0.5, 0.6) is 5.75 Å². The van der Waals surface area contributed by atoms with E-state index in [-0.39, 0.29) is 40.5 Å². The molecule has 0 atom stereocenters. The molecule has 8 heteroatoms. The Morgan fingerprint density at radius 3 is 2.25 bits per heavy atom. The number of fused-ring (bicyclic) bond motifs is 3. The van der Waals surface area contributed by atoms with Gasteiger partial charge in [0.05, 0.1) is 17.0 Å². The van der Waals surface area contributed by atoms with Gasteiger partial charge in [-0.05, 0) is 87.5 Å². The van der Waals surface area contributed by atoms with E-state index in [1.165, 1.54) is 6.42 Å². The number of amides is 1. The van der Waals surface area contributed by atoms with E-state index in [9.17, 15) is 17.6 Å². The number of nitrogens with two attached hydrogens (primary N) is 1. The van der Waals surface area contributed by atoms with Crippen LogP contribution in [0.25, 0.3) is 0 Å². The van der Waals surface area contributed by atoms with Crippen molar-refractivity contribution in [3.63, 3.8) is 0 Å². The van der Waals surface area contributed by atoms with Gasteiger partial charge in [-0.1, -0.05) is 0 Å². The molecule has 4 aliphatic rings. The number of carbonyl (C=O) groups excluding carboxylic acids is 1. The van der Waals surface area contributed by atoms with Crippen LogP contribution in [0.1, 0.15) is 57.8 Å². The molecule has 176 valence electrons. The Hall–Kier alpha value is -1.93. The Balaban J connectivity index is 1.36. The highest BCUT2D eigenvalue weighted by molar-refractivity contribution is 7.91. The summed E-state index contributed by atoms with van der Waals surface area (Å²) in [7, 11) is -3.46. The van der Waals surface area contributed by atoms with Gasteiger partial charge >= 0.3 is 0 Å². The first-order chi connectivity index (χ1) is 15.3. The van der Waals surface area contributed by atoms with Gasteiger partial charge in [-0.25, -0.2) is 12.8 Å². The zero-order chi connectivity index (χ0) is 22.8. The van der Waals surface area contributed by atoms with Crippen LogP contribution < -0.4 is 15.8 Å². The van der Waals surface area contributed by atoms with Gasteiger partial charge in [-0.15, -0.1) is 0 Å². The van der Waals surface area contributed by atoms with Gasteiger partial charge in [0.2, 0.25) is 5.91 Å². The lowest BCUT2D eigenvalue weighted by Crippen LogP contribution is -2.54. The van der Waals surface area contributed by atoms with Crippen molar-refractivity contribution in [3.8, 4) is 5.75 Å². The van der Waals surface area contributed by atoms with Gasteiger partial charge in [0, 0.05) is 23.6 Å². The number of rotatable bonds is 9. The van der Waals surface area contributed by atoms with E-state index in [0.717, 1.165) is 51.4 Å². The molecule has 32 heavy (non-hydrogen) atoms. The van der Waals surface area contributed by atoms with E-state index in [0.29, 0.717) is 23.7 Å². The third-order valence-electron chi connectivity index (χ3n) is 7.84.